The predicted octanol–water partition coefficient (Wildman–Crippen LogP) is 3.70. The fourth-order valence-corrected chi connectivity index (χ4v) is 2.00. The molecule has 2 aromatic carbocycles. The zero-order chi connectivity index (χ0) is 13.8. The van der Waals surface area contributed by atoms with Crippen molar-refractivity contribution in [2.24, 2.45) is 0 Å². The number of nitriles is 1. The monoisotopic (exact) mass is 318 g/mol. The molecule has 0 saturated heterocycles. The third-order valence-corrected chi connectivity index (χ3v) is 3.13. The number of nitrogens with two attached hydrogens (primary N) is 1. The zero-order valence-corrected chi connectivity index (χ0v) is 11.8. The number of nitrogens with zero attached hydrogens (tertiary/aromatic N) is 1. The number of benzene rings is 2. The lowest BCUT2D eigenvalue weighted by atomic mass is 10.2. The first-order chi connectivity index (χ1) is 9.13. The van der Waals surface area contributed by atoms with Crippen LogP contribution >= 0.6 is 15.9 Å². The predicted molar refractivity (Wildman–Crippen MR) is 76.3 cm³/mol. The highest BCUT2D eigenvalue weighted by Crippen LogP contribution is 2.34. The van der Waals surface area contributed by atoms with Gasteiger partial charge in [0.2, 0.25) is 0 Å². The van der Waals surface area contributed by atoms with Gasteiger partial charge in [-0.05, 0) is 46.3 Å². The molecule has 0 saturated carbocycles. The summed E-state index contributed by atoms with van der Waals surface area (Å²) in [6.07, 6.45) is 0. The van der Waals surface area contributed by atoms with E-state index in [1.807, 2.05) is 0 Å². The fraction of sp³-hybridized carbons (Fsp3) is 0.0714. The molecule has 2 rings (SSSR count). The fourth-order valence-electron chi connectivity index (χ4n) is 1.55. The van der Waals surface area contributed by atoms with Crippen LogP contribution in [0.1, 0.15) is 5.56 Å². The molecule has 5 heteroatoms. The molecule has 96 valence electrons. The lowest BCUT2D eigenvalue weighted by Gasteiger charge is -2.11. The van der Waals surface area contributed by atoms with Crippen molar-refractivity contribution in [2.75, 3.05) is 12.8 Å². The average molecular weight is 319 g/mol. The maximum atomic E-state index is 8.86. The number of nitrogen functional groups attached to an aromatic ring is 1. The number of ether oxygens (including phenoxy) is 2. The molecule has 0 amide bonds. The standard InChI is InChI=1S/C14H11BrN2O2/c1-18-13-5-3-10(17)6-14(13)19-11-4-2-9(8-16)12(15)7-11/h2-7H,17H2,1H3. The van der Waals surface area contributed by atoms with E-state index in [9.17, 15) is 0 Å². The Morgan fingerprint density at radius 1 is 1.16 bits per heavy atom. The first kappa shape index (κ1) is 13.2. The second-order valence-electron chi connectivity index (χ2n) is 3.77. The summed E-state index contributed by atoms with van der Waals surface area (Å²) in [7, 11) is 1.56. The second kappa shape index (κ2) is 5.63. The van der Waals surface area contributed by atoms with Gasteiger partial charge in [0.1, 0.15) is 11.8 Å². The lowest BCUT2D eigenvalue weighted by Crippen LogP contribution is -1.93. The van der Waals surface area contributed by atoms with Gasteiger partial charge < -0.3 is 15.2 Å². The van der Waals surface area contributed by atoms with Crippen LogP contribution in [0.15, 0.2) is 40.9 Å². The van der Waals surface area contributed by atoms with Crippen LogP contribution in [0, 0.1) is 11.3 Å². The Kier molecular flexibility index (Phi) is 3.93. The number of anilines is 1. The van der Waals surface area contributed by atoms with E-state index in [2.05, 4.69) is 22.0 Å². The van der Waals surface area contributed by atoms with Crippen LogP contribution in [0.5, 0.6) is 17.2 Å². The minimum Gasteiger partial charge on any atom is -0.493 e. The van der Waals surface area contributed by atoms with Crippen molar-refractivity contribution in [3.8, 4) is 23.3 Å². The molecule has 2 aromatic rings. The molecule has 0 aliphatic heterocycles. The summed E-state index contributed by atoms with van der Waals surface area (Å²) in [6, 6.07) is 12.3. The first-order valence-electron chi connectivity index (χ1n) is 5.45. The zero-order valence-electron chi connectivity index (χ0n) is 10.2. The first-order valence-corrected chi connectivity index (χ1v) is 6.24. The van der Waals surface area contributed by atoms with E-state index >= 15 is 0 Å². The Morgan fingerprint density at radius 3 is 2.58 bits per heavy atom. The molecular weight excluding hydrogens is 308 g/mol. The van der Waals surface area contributed by atoms with E-state index in [0.29, 0.717) is 33.0 Å². The van der Waals surface area contributed by atoms with Crippen molar-refractivity contribution in [1.82, 2.24) is 0 Å². The van der Waals surface area contributed by atoms with Crippen LogP contribution in [0.25, 0.3) is 0 Å². The van der Waals surface area contributed by atoms with Crippen LogP contribution in [0.4, 0.5) is 5.69 Å². The van der Waals surface area contributed by atoms with Gasteiger partial charge in [0.05, 0.1) is 12.7 Å². The van der Waals surface area contributed by atoms with Crippen molar-refractivity contribution < 1.29 is 9.47 Å². The Bertz CT molecular complexity index is 650. The summed E-state index contributed by atoms with van der Waals surface area (Å²) < 4.78 is 11.6. The van der Waals surface area contributed by atoms with Gasteiger partial charge in [-0.1, -0.05) is 0 Å². The van der Waals surface area contributed by atoms with Crippen molar-refractivity contribution >= 4 is 21.6 Å². The van der Waals surface area contributed by atoms with Crippen molar-refractivity contribution in [1.29, 1.82) is 5.26 Å². The molecule has 0 aliphatic carbocycles. The van der Waals surface area contributed by atoms with Crippen molar-refractivity contribution in [3.63, 3.8) is 0 Å². The van der Waals surface area contributed by atoms with Gasteiger partial charge in [-0.15, -0.1) is 0 Å². The third-order valence-electron chi connectivity index (χ3n) is 2.48. The van der Waals surface area contributed by atoms with Gasteiger partial charge in [0.25, 0.3) is 0 Å². The van der Waals surface area contributed by atoms with Gasteiger partial charge >= 0.3 is 0 Å². The molecule has 0 radical (unpaired) electrons. The number of rotatable bonds is 3. The molecule has 0 aliphatic rings. The van der Waals surface area contributed by atoms with Gasteiger partial charge in [0.15, 0.2) is 11.5 Å². The van der Waals surface area contributed by atoms with E-state index in [4.69, 9.17) is 20.5 Å². The van der Waals surface area contributed by atoms with Gasteiger partial charge in [-0.3, -0.25) is 0 Å². The summed E-state index contributed by atoms with van der Waals surface area (Å²) in [5.74, 6) is 1.71. The SMILES string of the molecule is COc1ccc(N)cc1Oc1ccc(C#N)c(Br)c1. The minimum atomic E-state index is 0.527. The Morgan fingerprint density at radius 2 is 1.95 bits per heavy atom. The van der Waals surface area contributed by atoms with Crippen LogP contribution in [-0.2, 0) is 0 Å². The number of hydrogen-bond acceptors (Lipinski definition) is 4. The summed E-state index contributed by atoms with van der Waals surface area (Å²) in [5.41, 5.74) is 6.86. The van der Waals surface area contributed by atoms with E-state index in [0.717, 1.165) is 0 Å². The quantitative estimate of drug-likeness (QED) is 0.876. The molecular formula is C14H11BrN2O2. The van der Waals surface area contributed by atoms with Gasteiger partial charge in [-0.2, -0.15) is 5.26 Å². The second-order valence-corrected chi connectivity index (χ2v) is 4.62. The molecule has 0 spiro atoms. The van der Waals surface area contributed by atoms with E-state index < -0.39 is 0 Å². The minimum absolute atomic E-state index is 0.527. The molecule has 0 heterocycles. The van der Waals surface area contributed by atoms with E-state index in [1.54, 1.807) is 43.5 Å². The largest absolute Gasteiger partial charge is 0.493 e. The molecule has 0 atom stereocenters. The Balaban J connectivity index is 2.33. The Labute approximate surface area is 119 Å². The molecule has 0 aromatic heterocycles. The number of methoxy groups -OCH3 is 1. The van der Waals surface area contributed by atoms with Crippen LogP contribution in [0.2, 0.25) is 0 Å². The third kappa shape index (κ3) is 2.98. The maximum absolute atomic E-state index is 8.86. The topological polar surface area (TPSA) is 68.3 Å². The number of halogens is 1. The smallest absolute Gasteiger partial charge is 0.171 e. The number of hydrogen-bond donors (Lipinski definition) is 1. The normalized spacial score (nSPS) is 9.74. The molecule has 0 bridgehead atoms. The molecule has 19 heavy (non-hydrogen) atoms. The Hall–Kier alpha value is -2.19. The van der Waals surface area contributed by atoms with E-state index in [1.165, 1.54) is 0 Å². The summed E-state index contributed by atoms with van der Waals surface area (Å²) >= 11 is 3.31. The van der Waals surface area contributed by atoms with Gasteiger partial charge in [-0.25, -0.2) is 0 Å². The lowest BCUT2D eigenvalue weighted by molar-refractivity contribution is 0.379. The van der Waals surface area contributed by atoms with E-state index in [-0.39, 0.29) is 0 Å². The van der Waals surface area contributed by atoms with Crippen molar-refractivity contribution in [3.05, 3.63) is 46.4 Å². The van der Waals surface area contributed by atoms with Crippen molar-refractivity contribution in [2.45, 2.75) is 0 Å². The summed E-state index contributed by atoms with van der Waals surface area (Å²) in [4.78, 5) is 0. The molecule has 0 fully saturated rings. The highest BCUT2D eigenvalue weighted by Gasteiger charge is 2.08. The van der Waals surface area contributed by atoms with Crippen LogP contribution in [-0.4, -0.2) is 7.11 Å². The molecule has 2 N–H and O–H groups in total. The molecule has 0 unspecified atom stereocenters. The van der Waals surface area contributed by atoms with Crippen LogP contribution in [0.3, 0.4) is 0 Å². The van der Waals surface area contributed by atoms with Gasteiger partial charge in [0, 0.05) is 16.2 Å². The highest BCUT2D eigenvalue weighted by molar-refractivity contribution is 9.10. The maximum Gasteiger partial charge on any atom is 0.171 e. The summed E-state index contributed by atoms with van der Waals surface area (Å²) in [5, 5.41) is 8.86. The average Bonchev–Trinajstić information content (AvgIpc) is 2.39. The highest BCUT2D eigenvalue weighted by atomic mass is 79.9. The molecule has 4 nitrogen and oxygen atoms in total. The summed E-state index contributed by atoms with van der Waals surface area (Å²) in [6.45, 7) is 0. The van der Waals surface area contributed by atoms with Crippen LogP contribution < -0.4 is 15.2 Å².